The van der Waals surface area contributed by atoms with E-state index in [9.17, 15) is 4.79 Å². The van der Waals surface area contributed by atoms with Crippen LogP contribution in [0.1, 0.15) is 62.1 Å². The summed E-state index contributed by atoms with van der Waals surface area (Å²) in [6, 6.07) is 0. The van der Waals surface area contributed by atoms with Gasteiger partial charge in [0.25, 0.3) is 0 Å². The van der Waals surface area contributed by atoms with Gasteiger partial charge < -0.3 is 9.42 Å². The van der Waals surface area contributed by atoms with Crippen LogP contribution in [0.25, 0.3) is 0 Å². The number of hydrogen-bond donors (Lipinski definition) is 0. The van der Waals surface area contributed by atoms with E-state index in [0.29, 0.717) is 24.8 Å². The maximum absolute atomic E-state index is 11.7. The highest BCUT2D eigenvalue weighted by molar-refractivity contribution is 5.79. The van der Waals surface area contributed by atoms with Gasteiger partial charge in [0.1, 0.15) is 0 Å². The van der Waals surface area contributed by atoms with Crippen molar-refractivity contribution in [1.29, 1.82) is 0 Å². The summed E-state index contributed by atoms with van der Waals surface area (Å²) in [6.07, 6.45) is 7.45. The number of likely N-dealkylation sites (tertiary alicyclic amines) is 1. The molecule has 4 aliphatic carbocycles. The predicted octanol–water partition coefficient (Wildman–Crippen LogP) is 2.56. The zero-order valence-corrected chi connectivity index (χ0v) is 13.1. The molecule has 2 heterocycles. The Balaban J connectivity index is 1.39. The molecule has 5 fully saturated rings. The summed E-state index contributed by atoms with van der Waals surface area (Å²) in [6.45, 7) is 0.710. The van der Waals surface area contributed by atoms with Crippen molar-refractivity contribution in [2.24, 2.45) is 23.7 Å². The van der Waals surface area contributed by atoms with Crippen LogP contribution in [0.15, 0.2) is 4.52 Å². The standard InChI is InChI=1S/C17H23N3O2/c1-20-8-13(7-14(20)21)17-18-16(19-22-17)15-11-3-9-2-10(5-11)6-12(15)4-9/h9-13,15H,2-8H2,1H3. The van der Waals surface area contributed by atoms with Gasteiger partial charge in [0.2, 0.25) is 11.8 Å². The molecule has 1 aromatic heterocycles. The zero-order valence-electron chi connectivity index (χ0n) is 13.1. The normalized spacial score (nSPS) is 43.3. The molecule has 22 heavy (non-hydrogen) atoms. The third-order valence-corrected chi connectivity index (χ3v) is 6.67. The first-order valence-electron chi connectivity index (χ1n) is 8.75. The molecule has 5 nitrogen and oxygen atoms in total. The minimum Gasteiger partial charge on any atom is -0.345 e. The topological polar surface area (TPSA) is 59.2 Å². The van der Waals surface area contributed by atoms with Crippen molar-refractivity contribution < 1.29 is 9.32 Å². The van der Waals surface area contributed by atoms with E-state index in [-0.39, 0.29) is 11.8 Å². The number of amides is 1. The van der Waals surface area contributed by atoms with E-state index in [1.807, 2.05) is 7.05 Å². The van der Waals surface area contributed by atoms with Crippen molar-refractivity contribution in [3.63, 3.8) is 0 Å². The van der Waals surface area contributed by atoms with Crippen molar-refractivity contribution in [3.05, 3.63) is 11.7 Å². The Morgan fingerprint density at radius 1 is 1.09 bits per heavy atom. The van der Waals surface area contributed by atoms with Gasteiger partial charge in [-0.15, -0.1) is 0 Å². The molecule has 1 amide bonds. The highest BCUT2D eigenvalue weighted by atomic mass is 16.5. The van der Waals surface area contributed by atoms with Crippen LogP contribution in [0.4, 0.5) is 0 Å². The van der Waals surface area contributed by atoms with Crippen molar-refractivity contribution in [2.75, 3.05) is 13.6 Å². The number of carbonyl (C=O) groups excluding carboxylic acids is 1. The maximum Gasteiger partial charge on any atom is 0.232 e. The summed E-state index contributed by atoms with van der Waals surface area (Å²) in [5.41, 5.74) is 0. The zero-order chi connectivity index (χ0) is 14.8. The van der Waals surface area contributed by atoms with E-state index in [2.05, 4.69) is 5.16 Å². The summed E-state index contributed by atoms with van der Waals surface area (Å²) >= 11 is 0. The fraction of sp³-hybridized carbons (Fsp3) is 0.824. The van der Waals surface area contributed by atoms with Crippen molar-refractivity contribution >= 4 is 5.91 Å². The van der Waals surface area contributed by atoms with Gasteiger partial charge in [-0.2, -0.15) is 4.98 Å². The molecular weight excluding hydrogens is 278 g/mol. The number of likely N-dealkylation sites (N-methyl/N-ethyl adjacent to an activating group) is 1. The molecule has 0 radical (unpaired) electrons. The average molecular weight is 301 g/mol. The summed E-state index contributed by atoms with van der Waals surface area (Å²) in [5, 5.41) is 4.34. The van der Waals surface area contributed by atoms with E-state index < -0.39 is 0 Å². The molecular formula is C17H23N3O2. The number of nitrogens with zero attached hydrogens (tertiary/aromatic N) is 3. The van der Waals surface area contributed by atoms with Crippen LogP contribution in [0.5, 0.6) is 0 Å². The monoisotopic (exact) mass is 301 g/mol. The van der Waals surface area contributed by atoms with Gasteiger partial charge in [-0.25, -0.2) is 0 Å². The third kappa shape index (κ3) is 1.87. The Bertz CT molecular complexity index is 583. The van der Waals surface area contributed by atoms with Crippen molar-refractivity contribution in [1.82, 2.24) is 15.0 Å². The van der Waals surface area contributed by atoms with Gasteiger partial charge in [0.15, 0.2) is 5.82 Å². The van der Waals surface area contributed by atoms with E-state index in [1.165, 1.54) is 32.1 Å². The van der Waals surface area contributed by atoms with E-state index in [1.54, 1.807) is 4.90 Å². The largest absolute Gasteiger partial charge is 0.345 e. The molecule has 1 aromatic rings. The fourth-order valence-electron chi connectivity index (χ4n) is 5.92. The van der Waals surface area contributed by atoms with Crippen LogP contribution in [0, 0.1) is 23.7 Å². The van der Waals surface area contributed by atoms with E-state index in [0.717, 1.165) is 29.5 Å². The molecule has 1 atom stereocenters. The van der Waals surface area contributed by atoms with Crippen LogP contribution >= 0.6 is 0 Å². The predicted molar refractivity (Wildman–Crippen MR) is 79.1 cm³/mol. The SMILES string of the molecule is CN1CC(c2nc(C3C4CC5CC(C4)CC3C5)no2)CC1=O. The Labute approximate surface area is 130 Å². The maximum atomic E-state index is 11.7. The molecule has 0 spiro atoms. The third-order valence-electron chi connectivity index (χ3n) is 6.67. The molecule has 5 heteroatoms. The quantitative estimate of drug-likeness (QED) is 0.842. The van der Waals surface area contributed by atoms with Gasteiger partial charge in [-0.3, -0.25) is 4.79 Å². The lowest BCUT2D eigenvalue weighted by atomic mass is 9.52. The molecule has 0 N–H and O–H groups in total. The summed E-state index contributed by atoms with van der Waals surface area (Å²) in [7, 11) is 1.84. The first-order valence-corrected chi connectivity index (χ1v) is 8.75. The molecule has 1 saturated heterocycles. The molecule has 5 aliphatic rings. The van der Waals surface area contributed by atoms with Gasteiger partial charge >= 0.3 is 0 Å². The van der Waals surface area contributed by atoms with Crippen molar-refractivity contribution in [3.8, 4) is 0 Å². The first kappa shape index (κ1) is 13.1. The lowest BCUT2D eigenvalue weighted by Gasteiger charge is -2.53. The molecule has 6 rings (SSSR count). The van der Waals surface area contributed by atoms with E-state index >= 15 is 0 Å². The number of rotatable bonds is 2. The van der Waals surface area contributed by atoms with E-state index in [4.69, 9.17) is 9.51 Å². The van der Waals surface area contributed by atoms with Gasteiger partial charge in [-0.05, 0) is 55.8 Å². The lowest BCUT2D eigenvalue weighted by Crippen LogP contribution is -2.44. The summed E-state index contributed by atoms with van der Waals surface area (Å²) in [5.74, 6) is 5.88. The van der Waals surface area contributed by atoms with Crippen LogP contribution in [0.2, 0.25) is 0 Å². The number of carbonyl (C=O) groups is 1. The minimum atomic E-state index is 0.0931. The molecule has 118 valence electrons. The first-order chi connectivity index (χ1) is 10.7. The Morgan fingerprint density at radius 3 is 2.36 bits per heavy atom. The average Bonchev–Trinajstić information content (AvgIpc) is 3.06. The Morgan fingerprint density at radius 2 is 1.77 bits per heavy atom. The fourth-order valence-corrected chi connectivity index (χ4v) is 5.92. The van der Waals surface area contributed by atoms with Gasteiger partial charge in [0.05, 0.1) is 5.92 Å². The molecule has 4 bridgehead atoms. The highest BCUT2D eigenvalue weighted by Crippen LogP contribution is 2.59. The Hall–Kier alpha value is -1.39. The van der Waals surface area contributed by atoms with Crippen LogP contribution in [0.3, 0.4) is 0 Å². The Kier molecular flexibility index (Phi) is 2.71. The second kappa shape index (κ2) is 4.56. The van der Waals surface area contributed by atoms with Crippen LogP contribution < -0.4 is 0 Å². The number of aromatic nitrogens is 2. The second-order valence-corrected chi connectivity index (χ2v) is 8.12. The second-order valence-electron chi connectivity index (χ2n) is 8.12. The molecule has 1 unspecified atom stereocenters. The summed E-state index contributed by atoms with van der Waals surface area (Å²) in [4.78, 5) is 18.2. The summed E-state index contributed by atoms with van der Waals surface area (Å²) < 4.78 is 5.56. The highest BCUT2D eigenvalue weighted by Gasteiger charge is 2.50. The van der Waals surface area contributed by atoms with Crippen molar-refractivity contribution in [2.45, 2.75) is 50.4 Å². The van der Waals surface area contributed by atoms with Crippen LogP contribution in [-0.2, 0) is 4.79 Å². The number of hydrogen-bond acceptors (Lipinski definition) is 4. The molecule has 1 aliphatic heterocycles. The minimum absolute atomic E-state index is 0.0931. The van der Waals surface area contributed by atoms with Gasteiger partial charge in [-0.1, -0.05) is 5.16 Å². The smallest absolute Gasteiger partial charge is 0.232 e. The molecule has 0 aromatic carbocycles. The molecule has 4 saturated carbocycles. The van der Waals surface area contributed by atoms with Gasteiger partial charge in [0, 0.05) is 25.9 Å². The van der Waals surface area contributed by atoms with Crippen LogP contribution in [-0.4, -0.2) is 34.5 Å². The lowest BCUT2D eigenvalue weighted by molar-refractivity contribution is -0.126.